The van der Waals surface area contributed by atoms with Crippen molar-refractivity contribution in [1.82, 2.24) is 10.1 Å². The Morgan fingerprint density at radius 2 is 2.35 bits per heavy atom. The number of nitrogens with zero attached hydrogens (tertiary/aromatic N) is 2. The minimum atomic E-state index is -0.129. The zero-order valence-electron chi connectivity index (χ0n) is 13.4. The first kappa shape index (κ1) is 15.4. The van der Waals surface area contributed by atoms with Crippen LogP contribution in [0.2, 0.25) is 0 Å². The van der Waals surface area contributed by atoms with Gasteiger partial charge >= 0.3 is 6.03 Å². The van der Waals surface area contributed by atoms with E-state index in [1.165, 1.54) is 0 Å². The lowest BCUT2D eigenvalue weighted by atomic mass is 10.1. The molecule has 0 radical (unpaired) electrons. The molecule has 122 valence electrons. The number of anilines is 1. The molecule has 0 saturated carbocycles. The molecule has 23 heavy (non-hydrogen) atoms. The quantitative estimate of drug-likeness (QED) is 0.936. The van der Waals surface area contributed by atoms with Crippen LogP contribution >= 0.6 is 0 Å². The van der Waals surface area contributed by atoms with Crippen LogP contribution in [0, 0.1) is 0 Å². The standard InChI is InChI=1S/C17H21N3O3/c1-3-12-11-16(23-19-12)15-8-5-9-20(15)17(21)18-13-6-4-7-14(10-13)22-2/h4,6-7,10-11,15H,3,5,8-9H2,1-2H3,(H,18,21)/t15-/m1/s1. The highest BCUT2D eigenvalue weighted by atomic mass is 16.5. The molecule has 1 N–H and O–H groups in total. The number of aryl methyl sites for hydroxylation is 1. The van der Waals surface area contributed by atoms with Crippen molar-refractivity contribution in [3.05, 3.63) is 41.8 Å². The van der Waals surface area contributed by atoms with E-state index in [9.17, 15) is 4.79 Å². The van der Waals surface area contributed by atoms with Gasteiger partial charge in [-0.1, -0.05) is 18.1 Å². The number of urea groups is 1. The molecule has 1 aliphatic heterocycles. The maximum absolute atomic E-state index is 12.6. The van der Waals surface area contributed by atoms with Crippen molar-refractivity contribution < 1.29 is 14.1 Å². The number of benzene rings is 1. The van der Waals surface area contributed by atoms with E-state index in [2.05, 4.69) is 10.5 Å². The van der Waals surface area contributed by atoms with Crippen molar-refractivity contribution in [3.8, 4) is 5.75 Å². The molecule has 0 aliphatic carbocycles. The van der Waals surface area contributed by atoms with Gasteiger partial charge < -0.3 is 19.5 Å². The van der Waals surface area contributed by atoms with Gasteiger partial charge in [-0.2, -0.15) is 0 Å². The first-order valence-electron chi connectivity index (χ1n) is 7.88. The zero-order chi connectivity index (χ0) is 16.2. The lowest BCUT2D eigenvalue weighted by molar-refractivity contribution is 0.195. The molecular weight excluding hydrogens is 294 g/mol. The SMILES string of the molecule is CCc1cc([C@H]2CCCN2C(=O)Nc2cccc(OC)c2)on1. The summed E-state index contributed by atoms with van der Waals surface area (Å²) < 4.78 is 10.6. The van der Waals surface area contributed by atoms with Crippen molar-refractivity contribution in [1.29, 1.82) is 0 Å². The van der Waals surface area contributed by atoms with Crippen LogP contribution in [0.4, 0.5) is 10.5 Å². The van der Waals surface area contributed by atoms with Gasteiger partial charge in [0.2, 0.25) is 0 Å². The smallest absolute Gasteiger partial charge is 0.322 e. The van der Waals surface area contributed by atoms with E-state index in [1.54, 1.807) is 18.1 Å². The number of aromatic nitrogens is 1. The lowest BCUT2D eigenvalue weighted by Gasteiger charge is -2.23. The van der Waals surface area contributed by atoms with Gasteiger partial charge in [-0.05, 0) is 31.4 Å². The molecule has 1 aromatic carbocycles. The Morgan fingerprint density at radius 3 is 3.09 bits per heavy atom. The zero-order valence-corrected chi connectivity index (χ0v) is 13.4. The van der Waals surface area contributed by atoms with Crippen LogP contribution in [-0.4, -0.2) is 29.7 Å². The number of rotatable bonds is 4. The third kappa shape index (κ3) is 3.31. The summed E-state index contributed by atoms with van der Waals surface area (Å²) in [7, 11) is 1.60. The number of hydrogen-bond acceptors (Lipinski definition) is 4. The number of carbonyl (C=O) groups is 1. The Labute approximate surface area is 135 Å². The fourth-order valence-electron chi connectivity index (χ4n) is 2.85. The Balaban J connectivity index is 1.72. The highest BCUT2D eigenvalue weighted by Crippen LogP contribution is 2.33. The first-order valence-corrected chi connectivity index (χ1v) is 7.88. The first-order chi connectivity index (χ1) is 11.2. The van der Waals surface area contributed by atoms with Crippen LogP contribution in [0.3, 0.4) is 0 Å². The van der Waals surface area contributed by atoms with Crippen molar-refractivity contribution in [2.45, 2.75) is 32.2 Å². The summed E-state index contributed by atoms with van der Waals surface area (Å²) in [4.78, 5) is 14.4. The second-order valence-electron chi connectivity index (χ2n) is 5.59. The summed E-state index contributed by atoms with van der Waals surface area (Å²) in [5, 5.41) is 6.95. The van der Waals surface area contributed by atoms with Gasteiger partial charge in [0, 0.05) is 24.4 Å². The molecule has 3 rings (SSSR count). The van der Waals surface area contributed by atoms with E-state index in [0.717, 1.165) is 30.7 Å². The Bertz CT molecular complexity index is 683. The average molecular weight is 315 g/mol. The van der Waals surface area contributed by atoms with Crippen LogP contribution in [0.1, 0.15) is 37.3 Å². The summed E-state index contributed by atoms with van der Waals surface area (Å²) in [6.45, 7) is 2.74. The molecule has 2 amide bonds. The van der Waals surface area contributed by atoms with E-state index in [1.807, 2.05) is 31.2 Å². The molecule has 2 aromatic rings. The molecule has 1 fully saturated rings. The lowest BCUT2D eigenvalue weighted by Crippen LogP contribution is -2.34. The molecule has 0 spiro atoms. The van der Waals surface area contributed by atoms with Gasteiger partial charge in [0.05, 0.1) is 18.8 Å². The fraction of sp³-hybridized carbons (Fsp3) is 0.412. The molecule has 0 bridgehead atoms. The van der Waals surface area contributed by atoms with Crippen LogP contribution in [-0.2, 0) is 6.42 Å². The fourth-order valence-corrected chi connectivity index (χ4v) is 2.85. The number of hydrogen-bond donors (Lipinski definition) is 1. The molecule has 2 heterocycles. The number of likely N-dealkylation sites (tertiary alicyclic amines) is 1. The van der Waals surface area contributed by atoms with Gasteiger partial charge in [0.1, 0.15) is 5.75 Å². The highest BCUT2D eigenvalue weighted by molar-refractivity contribution is 5.90. The van der Waals surface area contributed by atoms with Gasteiger partial charge in [-0.25, -0.2) is 4.79 Å². The maximum Gasteiger partial charge on any atom is 0.322 e. The normalized spacial score (nSPS) is 17.3. The monoisotopic (exact) mass is 315 g/mol. The Hall–Kier alpha value is -2.50. The summed E-state index contributed by atoms with van der Waals surface area (Å²) in [6.07, 6.45) is 2.68. The predicted octanol–water partition coefficient (Wildman–Crippen LogP) is 3.61. The van der Waals surface area contributed by atoms with E-state index < -0.39 is 0 Å². The summed E-state index contributed by atoms with van der Waals surface area (Å²) >= 11 is 0. The minimum absolute atomic E-state index is 0.0478. The molecule has 1 atom stereocenters. The van der Waals surface area contributed by atoms with Crippen LogP contribution < -0.4 is 10.1 Å². The molecule has 1 aliphatic rings. The van der Waals surface area contributed by atoms with Gasteiger partial charge in [-0.3, -0.25) is 0 Å². The molecule has 0 unspecified atom stereocenters. The van der Waals surface area contributed by atoms with Gasteiger partial charge in [0.25, 0.3) is 0 Å². The summed E-state index contributed by atoms with van der Waals surface area (Å²) in [5.74, 6) is 1.48. The van der Waals surface area contributed by atoms with Crippen molar-refractivity contribution in [3.63, 3.8) is 0 Å². The number of amides is 2. The molecule has 6 nitrogen and oxygen atoms in total. The van der Waals surface area contributed by atoms with Gasteiger partial charge in [-0.15, -0.1) is 0 Å². The second-order valence-corrected chi connectivity index (χ2v) is 5.59. The van der Waals surface area contributed by atoms with Gasteiger partial charge in [0.15, 0.2) is 5.76 Å². The predicted molar refractivity (Wildman–Crippen MR) is 86.6 cm³/mol. The van der Waals surface area contributed by atoms with Crippen molar-refractivity contribution in [2.75, 3.05) is 19.0 Å². The van der Waals surface area contributed by atoms with E-state index in [0.29, 0.717) is 18.0 Å². The third-order valence-electron chi connectivity index (χ3n) is 4.10. The largest absolute Gasteiger partial charge is 0.497 e. The number of ether oxygens (including phenoxy) is 1. The summed E-state index contributed by atoms with van der Waals surface area (Å²) in [6, 6.07) is 9.10. The number of nitrogens with one attached hydrogen (secondary N) is 1. The second kappa shape index (κ2) is 6.73. The Morgan fingerprint density at radius 1 is 1.48 bits per heavy atom. The van der Waals surface area contributed by atoms with Crippen LogP contribution in [0.25, 0.3) is 0 Å². The average Bonchev–Trinajstić information content (AvgIpc) is 3.23. The summed E-state index contributed by atoms with van der Waals surface area (Å²) in [5.41, 5.74) is 1.63. The number of methoxy groups -OCH3 is 1. The van der Waals surface area contributed by atoms with Crippen molar-refractivity contribution in [2.24, 2.45) is 0 Å². The maximum atomic E-state index is 12.6. The minimum Gasteiger partial charge on any atom is -0.497 e. The number of carbonyl (C=O) groups excluding carboxylic acids is 1. The van der Waals surface area contributed by atoms with Crippen molar-refractivity contribution >= 4 is 11.7 Å². The molecule has 1 aromatic heterocycles. The molecule has 1 saturated heterocycles. The highest BCUT2D eigenvalue weighted by Gasteiger charge is 2.32. The van der Waals surface area contributed by atoms with Crippen LogP contribution in [0.15, 0.2) is 34.9 Å². The third-order valence-corrected chi connectivity index (χ3v) is 4.10. The van der Waals surface area contributed by atoms with E-state index in [4.69, 9.17) is 9.26 Å². The molecular formula is C17H21N3O3. The topological polar surface area (TPSA) is 67.6 Å². The Kier molecular flexibility index (Phi) is 4.50. The molecule has 6 heteroatoms. The van der Waals surface area contributed by atoms with Crippen LogP contribution in [0.5, 0.6) is 5.75 Å². The van der Waals surface area contributed by atoms with E-state index >= 15 is 0 Å². The van der Waals surface area contributed by atoms with E-state index in [-0.39, 0.29) is 12.1 Å².